The molecule has 3 nitrogen and oxygen atoms in total. The number of pyridine rings is 1. The first-order chi connectivity index (χ1) is 13.0. The molecule has 0 amide bonds. The third-order valence-electron chi connectivity index (χ3n) is 5.48. The largest absolute Gasteiger partial charge is 0.468 e. The van der Waals surface area contributed by atoms with Gasteiger partial charge < -0.3 is 4.74 Å². The minimum absolute atomic E-state index is 0.311. The Morgan fingerprint density at radius 3 is 2.85 bits per heavy atom. The average Bonchev–Trinajstić information content (AvgIpc) is 3.15. The Morgan fingerprint density at radius 1 is 1.19 bits per heavy atom. The summed E-state index contributed by atoms with van der Waals surface area (Å²) in [5.74, 6) is -0.664. The Bertz CT molecular complexity index is 1070. The average molecular weight is 361 g/mol. The van der Waals surface area contributed by atoms with Crippen LogP contribution in [0, 0.1) is 12.7 Å². The van der Waals surface area contributed by atoms with Gasteiger partial charge in [-0.2, -0.15) is 0 Å². The van der Waals surface area contributed by atoms with Crippen molar-refractivity contribution >= 4 is 22.4 Å². The molecule has 1 aliphatic rings. The normalized spacial score (nSPS) is 19.1. The summed E-state index contributed by atoms with van der Waals surface area (Å²) in [7, 11) is 1.38. The SMILES string of the molecule is COC(=O)[C@]1(c2cccc(F)c2C)C=C(c2ccc3ncccc3c2)CC1. The van der Waals surface area contributed by atoms with Gasteiger partial charge in [-0.25, -0.2) is 4.39 Å². The smallest absolute Gasteiger partial charge is 0.320 e. The fraction of sp³-hybridized carbons (Fsp3) is 0.217. The molecule has 1 heterocycles. The topological polar surface area (TPSA) is 39.2 Å². The molecule has 0 unspecified atom stereocenters. The van der Waals surface area contributed by atoms with E-state index in [-0.39, 0.29) is 11.8 Å². The van der Waals surface area contributed by atoms with Gasteiger partial charge >= 0.3 is 5.97 Å². The number of methoxy groups -OCH3 is 1. The summed E-state index contributed by atoms with van der Waals surface area (Å²) in [6, 6.07) is 14.9. The highest BCUT2D eigenvalue weighted by atomic mass is 19.1. The van der Waals surface area contributed by atoms with Crippen molar-refractivity contribution in [3.05, 3.63) is 83.3 Å². The Hall–Kier alpha value is -3.01. The van der Waals surface area contributed by atoms with E-state index in [1.807, 2.05) is 36.4 Å². The molecular weight excluding hydrogens is 341 g/mol. The first-order valence-electron chi connectivity index (χ1n) is 8.96. The molecule has 0 saturated carbocycles. The molecule has 2 aromatic carbocycles. The number of hydrogen-bond donors (Lipinski definition) is 0. The van der Waals surface area contributed by atoms with Gasteiger partial charge in [0.1, 0.15) is 11.2 Å². The number of halogens is 1. The van der Waals surface area contributed by atoms with E-state index in [2.05, 4.69) is 11.1 Å². The summed E-state index contributed by atoms with van der Waals surface area (Å²) in [5, 5.41) is 1.05. The Balaban J connectivity index is 1.85. The van der Waals surface area contributed by atoms with E-state index in [1.165, 1.54) is 13.2 Å². The molecule has 136 valence electrons. The Morgan fingerprint density at radius 2 is 2.04 bits per heavy atom. The number of ether oxygens (including phenoxy) is 1. The zero-order valence-corrected chi connectivity index (χ0v) is 15.3. The molecule has 4 rings (SSSR count). The lowest BCUT2D eigenvalue weighted by atomic mass is 9.77. The van der Waals surface area contributed by atoms with Crippen LogP contribution in [0.4, 0.5) is 4.39 Å². The van der Waals surface area contributed by atoms with Crippen LogP contribution in [0.15, 0.2) is 60.8 Å². The van der Waals surface area contributed by atoms with Crippen molar-refractivity contribution in [2.75, 3.05) is 7.11 Å². The molecular formula is C23H20FNO2. The molecule has 0 saturated heterocycles. The van der Waals surface area contributed by atoms with Gasteiger partial charge in [0.05, 0.1) is 12.6 Å². The van der Waals surface area contributed by atoms with Crippen molar-refractivity contribution in [3.63, 3.8) is 0 Å². The number of fused-ring (bicyclic) bond motifs is 1. The molecule has 0 spiro atoms. The summed E-state index contributed by atoms with van der Waals surface area (Å²) < 4.78 is 19.3. The Kier molecular flexibility index (Phi) is 4.27. The van der Waals surface area contributed by atoms with Crippen LogP contribution >= 0.6 is 0 Å². The first kappa shape index (κ1) is 17.4. The number of allylic oxidation sites excluding steroid dienone is 1. The van der Waals surface area contributed by atoms with Crippen LogP contribution in [-0.2, 0) is 14.9 Å². The summed E-state index contributed by atoms with van der Waals surface area (Å²) in [4.78, 5) is 17.1. The zero-order valence-electron chi connectivity index (χ0n) is 15.3. The van der Waals surface area contributed by atoms with E-state index in [4.69, 9.17) is 4.74 Å². The third-order valence-corrected chi connectivity index (χ3v) is 5.48. The second-order valence-electron chi connectivity index (χ2n) is 6.96. The summed E-state index contributed by atoms with van der Waals surface area (Å²) in [5.41, 5.74) is 3.25. The van der Waals surface area contributed by atoms with Gasteiger partial charge in [0.15, 0.2) is 0 Å². The van der Waals surface area contributed by atoms with Crippen molar-refractivity contribution in [2.45, 2.75) is 25.2 Å². The lowest BCUT2D eigenvalue weighted by molar-refractivity contribution is -0.145. The fourth-order valence-electron chi connectivity index (χ4n) is 4.03. The number of benzene rings is 2. The van der Waals surface area contributed by atoms with Crippen molar-refractivity contribution in [1.82, 2.24) is 4.98 Å². The van der Waals surface area contributed by atoms with Gasteiger partial charge in [0.2, 0.25) is 0 Å². The number of carbonyl (C=O) groups is 1. The van der Waals surface area contributed by atoms with Crippen LogP contribution in [0.2, 0.25) is 0 Å². The molecule has 1 aromatic heterocycles. The highest BCUT2D eigenvalue weighted by Gasteiger charge is 2.44. The molecule has 3 aromatic rings. The molecule has 0 aliphatic heterocycles. The van der Waals surface area contributed by atoms with E-state index < -0.39 is 5.41 Å². The van der Waals surface area contributed by atoms with Crippen LogP contribution in [0.1, 0.15) is 29.5 Å². The molecule has 0 radical (unpaired) electrons. The standard InChI is InChI=1S/C23H20FNO2/c1-15-19(6-3-7-20(15)24)23(22(26)27-2)11-10-18(14-23)16-8-9-21-17(13-16)5-4-12-25-21/h3-9,12-14H,10-11H2,1-2H3/t23-/m0/s1. The lowest BCUT2D eigenvalue weighted by Gasteiger charge is -2.26. The monoisotopic (exact) mass is 361 g/mol. The molecule has 27 heavy (non-hydrogen) atoms. The number of hydrogen-bond acceptors (Lipinski definition) is 3. The summed E-state index contributed by atoms with van der Waals surface area (Å²) in [6.07, 6.45) is 5.01. The highest BCUT2D eigenvalue weighted by molar-refractivity contribution is 5.92. The summed E-state index contributed by atoms with van der Waals surface area (Å²) >= 11 is 0. The van der Waals surface area contributed by atoms with Gasteiger partial charge in [-0.05, 0) is 66.3 Å². The quantitative estimate of drug-likeness (QED) is 0.618. The number of aromatic nitrogens is 1. The first-order valence-corrected chi connectivity index (χ1v) is 8.96. The third kappa shape index (κ3) is 2.81. The predicted octanol–water partition coefficient (Wildman–Crippen LogP) is 4.97. The van der Waals surface area contributed by atoms with Crippen LogP contribution in [0.25, 0.3) is 16.5 Å². The number of rotatable bonds is 3. The predicted molar refractivity (Wildman–Crippen MR) is 104 cm³/mol. The zero-order chi connectivity index (χ0) is 19.0. The minimum atomic E-state index is -0.958. The number of esters is 1. The lowest BCUT2D eigenvalue weighted by Crippen LogP contribution is -2.34. The number of carbonyl (C=O) groups excluding carboxylic acids is 1. The second kappa shape index (κ2) is 6.62. The van der Waals surface area contributed by atoms with Crippen LogP contribution in [0.5, 0.6) is 0 Å². The van der Waals surface area contributed by atoms with Crippen molar-refractivity contribution < 1.29 is 13.9 Å². The molecule has 0 bridgehead atoms. The minimum Gasteiger partial charge on any atom is -0.468 e. The van der Waals surface area contributed by atoms with Gasteiger partial charge in [-0.1, -0.05) is 30.3 Å². The second-order valence-corrected chi connectivity index (χ2v) is 6.96. The molecule has 1 aliphatic carbocycles. The van der Waals surface area contributed by atoms with Gasteiger partial charge in [0, 0.05) is 11.6 Å². The molecule has 4 heteroatoms. The van der Waals surface area contributed by atoms with Crippen molar-refractivity contribution in [2.24, 2.45) is 0 Å². The van der Waals surface area contributed by atoms with E-state index >= 15 is 0 Å². The fourth-order valence-corrected chi connectivity index (χ4v) is 4.03. The van der Waals surface area contributed by atoms with Crippen molar-refractivity contribution in [1.29, 1.82) is 0 Å². The van der Waals surface area contributed by atoms with E-state index in [9.17, 15) is 9.18 Å². The van der Waals surface area contributed by atoms with Crippen molar-refractivity contribution in [3.8, 4) is 0 Å². The maximum absolute atomic E-state index is 14.2. The Labute approximate surface area is 157 Å². The number of nitrogens with zero attached hydrogens (tertiary/aromatic N) is 1. The van der Waals surface area contributed by atoms with Gasteiger partial charge in [0.25, 0.3) is 0 Å². The highest BCUT2D eigenvalue weighted by Crippen LogP contribution is 2.45. The summed E-state index contributed by atoms with van der Waals surface area (Å²) in [6.45, 7) is 1.71. The van der Waals surface area contributed by atoms with Crippen LogP contribution in [-0.4, -0.2) is 18.1 Å². The van der Waals surface area contributed by atoms with E-state index in [1.54, 1.807) is 19.2 Å². The maximum atomic E-state index is 14.2. The molecule has 0 fully saturated rings. The molecule has 0 N–H and O–H groups in total. The van der Waals surface area contributed by atoms with Crippen LogP contribution in [0.3, 0.4) is 0 Å². The van der Waals surface area contributed by atoms with Gasteiger partial charge in [-0.15, -0.1) is 0 Å². The van der Waals surface area contributed by atoms with E-state index in [0.717, 1.165) is 28.5 Å². The van der Waals surface area contributed by atoms with Crippen LogP contribution < -0.4 is 0 Å². The molecule has 1 atom stereocenters. The van der Waals surface area contributed by atoms with E-state index in [0.29, 0.717) is 17.5 Å². The van der Waals surface area contributed by atoms with Gasteiger partial charge in [-0.3, -0.25) is 9.78 Å². The maximum Gasteiger partial charge on any atom is 0.320 e.